The summed E-state index contributed by atoms with van der Waals surface area (Å²) < 4.78 is 0.908. The van der Waals surface area contributed by atoms with Crippen LogP contribution in [-0.2, 0) is 17.6 Å². The fourth-order valence-corrected chi connectivity index (χ4v) is 2.76. The molecule has 2 rings (SSSR count). The molecule has 1 aromatic carbocycles. The third kappa shape index (κ3) is 5.17. The average molecular weight is 375 g/mol. The van der Waals surface area contributed by atoms with Crippen LogP contribution in [0.15, 0.2) is 47.1 Å². The average Bonchev–Trinajstić information content (AvgIpc) is 2.51. The second-order valence-corrected chi connectivity index (χ2v) is 6.98. The van der Waals surface area contributed by atoms with E-state index in [1.54, 1.807) is 11.1 Å². The molecule has 0 fully saturated rings. The number of anilines is 1. The second kappa shape index (κ2) is 8.25. The largest absolute Gasteiger partial charge is 0.297 e. The number of hydrogen-bond acceptors (Lipinski definition) is 2. The molecule has 0 unspecified atom stereocenters. The first-order chi connectivity index (χ1) is 11.0. The van der Waals surface area contributed by atoms with Crippen LogP contribution < -0.4 is 4.90 Å². The van der Waals surface area contributed by atoms with Gasteiger partial charge in [0, 0.05) is 17.2 Å². The van der Waals surface area contributed by atoms with Gasteiger partial charge in [-0.3, -0.25) is 9.69 Å². The SMILES string of the molecule is CCN(C(=O)Cc1ccc(CC(C)C)cc1)c1ccc(Br)cn1. The maximum atomic E-state index is 12.6. The molecule has 0 radical (unpaired) electrons. The highest BCUT2D eigenvalue weighted by Crippen LogP contribution is 2.17. The van der Waals surface area contributed by atoms with E-state index in [1.807, 2.05) is 19.1 Å². The van der Waals surface area contributed by atoms with Gasteiger partial charge in [-0.2, -0.15) is 0 Å². The van der Waals surface area contributed by atoms with Gasteiger partial charge in [-0.1, -0.05) is 38.1 Å². The molecule has 3 nitrogen and oxygen atoms in total. The Bertz CT molecular complexity index is 635. The van der Waals surface area contributed by atoms with Gasteiger partial charge in [0.05, 0.1) is 6.42 Å². The Balaban J connectivity index is 2.05. The quantitative estimate of drug-likeness (QED) is 0.737. The molecule has 0 atom stereocenters. The van der Waals surface area contributed by atoms with Crippen LogP contribution in [0.25, 0.3) is 0 Å². The van der Waals surface area contributed by atoms with Gasteiger partial charge in [0.2, 0.25) is 5.91 Å². The predicted octanol–water partition coefficient (Wildman–Crippen LogP) is 4.64. The molecule has 1 heterocycles. The Morgan fingerprint density at radius 3 is 2.30 bits per heavy atom. The summed E-state index contributed by atoms with van der Waals surface area (Å²) in [6.45, 7) is 7.00. The molecule has 1 aromatic heterocycles. The second-order valence-electron chi connectivity index (χ2n) is 6.06. The molecule has 4 heteroatoms. The van der Waals surface area contributed by atoms with Gasteiger partial charge in [0.25, 0.3) is 0 Å². The number of halogens is 1. The summed E-state index contributed by atoms with van der Waals surface area (Å²) in [4.78, 5) is 18.6. The Labute approximate surface area is 146 Å². The standard InChI is InChI=1S/C19H23BrN2O/c1-4-22(18-10-9-17(20)13-21-18)19(23)12-16-7-5-15(6-8-16)11-14(2)3/h5-10,13-14H,4,11-12H2,1-3H3. The Morgan fingerprint density at radius 2 is 1.78 bits per heavy atom. The van der Waals surface area contributed by atoms with Crippen molar-refractivity contribution in [3.63, 3.8) is 0 Å². The number of nitrogens with zero attached hydrogens (tertiary/aromatic N) is 2. The van der Waals surface area contributed by atoms with Crippen molar-refractivity contribution in [2.75, 3.05) is 11.4 Å². The first-order valence-corrected chi connectivity index (χ1v) is 8.78. The first-order valence-electron chi connectivity index (χ1n) is 7.99. The minimum absolute atomic E-state index is 0.0685. The number of carbonyl (C=O) groups excluding carboxylic acids is 1. The van der Waals surface area contributed by atoms with E-state index in [1.165, 1.54) is 5.56 Å². The van der Waals surface area contributed by atoms with Crippen molar-refractivity contribution in [3.05, 3.63) is 58.2 Å². The molecule has 122 valence electrons. The number of carbonyl (C=O) groups is 1. The number of likely N-dealkylation sites (N-methyl/N-ethyl adjacent to an activating group) is 1. The van der Waals surface area contributed by atoms with Gasteiger partial charge in [-0.05, 0) is 58.5 Å². The molecule has 0 aliphatic rings. The third-order valence-electron chi connectivity index (χ3n) is 3.63. The van der Waals surface area contributed by atoms with Crippen LogP contribution >= 0.6 is 15.9 Å². The fourth-order valence-electron chi connectivity index (χ4n) is 2.53. The normalized spacial score (nSPS) is 10.8. The number of rotatable bonds is 6. The van der Waals surface area contributed by atoms with Gasteiger partial charge in [0.15, 0.2) is 0 Å². The molecule has 1 amide bonds. The number of hydrogen-bond donors (Lipinski definition) is 0. The Morgan fingerprint density at radius 1 is 1.13 bits per heavy atom. The van der Waals surface area contributed by atoms with E-state index in [-0.39, 0.29) is 5.91 Å². The molecular weight excluding hydrogens is 352 g/mol. The number of amides is 1. The van der Waals surface area contributed by atoms with Crippen LogP contribution in [-0.4, -0.2) is 17.4 Å². The lowest BCUT2D eigenvalue weighted by atomic mass is 10.0. The zero-order valence-corrected chi connectivity index (χ0v) is 15.5. The van der Waals surface area contributed by atoms with Crippen molar-refractivity contribution in [1.29, 1.82) is 0 Å². The van der Waals surface area contributed by atoms with Gasteiger partial charge in [-0.25, -0.2) is 4.98 Å². The Hall–Kier alpha value is -1.68. The maximum absolute atomic E-state index is 12.6. The van der Waals surface area contributed by atoms with E-state index in [9.17, 15) is 4.79 Å². The molecule has 23 heavy (non-hydrogen) atoms. The topological polar surface area (TPSA) is 33.2 Å². The zero-order chi connectivity index (χ0) is 16.8. The van der Waals surface area contributed by atoms with Crippen molar-refractivity contribution >= 4 is 27.7 Å². The monoisotopic (exact) mass is 374 g/mol. The molecule has 0 saturated heterocycles. The molecule has 0 saturated carbocycles. The third-order valence-corrected chi connectivity index (χ3v) is 4.10. The number of benzene rings is 1. The van der Waals surface area contributed by atoms with E-state index in [0.29, 0.717) is 24.7 Å². The predicted molar refractivity (Wildman–Crippen MR) is 98.7 cm³/mol. The highest BCUT2D eigenvalue weighted by atomic mass is 79.9. The van der Waals surface area contributed by atoms with Crippen LogP contribution in [0.5, 0.6) is 0 Å². The summed E-state index contributed by atoms with van der Waals surface area (Å²) in [5.41, 5.74) is 2.36. The van der Waals surface area contributed by atoms with Crippen molar-refractivity contribution in [1.82, 2.24) is 4.98 Å². The summed E-state index contributed by atoms with van der Waals surface area (Å²) in [6, 6.07) is 12.1. The number of aromatic nitrogens is 1. The molecular formula is C19H23BrN2O. The van der Waals surface area contributed by atoms with E-state index in [0.717, 1.165) is 16.5 Å². The van der Waals surface area contributed by atoms with Crippen molar-refractivity contribution in [3.8, 4) is 0 Å². The zero-order valence-electron chi connectivity index (χ0n) is 13.9. The van der Waals surface area contributed by atoms with E-state index < -0.39 is 0 Å². The summed E-state index contributed by atoms with van der Waals surface area (Å²) in [7, 11) is 0. The molecule has 0 aliphatic heterocycles. The Kier molecular flexibility index (Phi) is 6.34. The van der Waals surface area contributed by atoms with Crippen molar-refractivity contribution in [2.24, 2.45) is 5.92 Å². The molecule has 0 bridgehead atoms. The fraction of sp³-hybridized carbons (Fsp3) is 0.368. The van der Waals surface area contributed by atoms with Crippen molar-refractivity contribution < 1.29 is 4.79 Å². The molecule has 2 aromatic rings. The molecule has 0 N–H and O–H groups in total. The van der Waals surface area contributed by atoms with Gasteiger partial charge < -0.3 is 0 Å². The van der Waals surface area contributed by atoms with Crippen molar-refractivity contribution in [2.45, 2.75) is 33.6 Å². The summed E-state index contributed by atoms with van der Waals surface area (Å²) in [5.74, 6) is 1.40. The highest BCUT2D eigenvalue weighted by molar-refractivity contribution is 9.10. The lowest BCUT2D eigenvalue weighted by Gasteiger charge is -2.20. The summed E-state index contributed by atoms with van der Waals surface area (Å²) >= 11 is 3.36. The van der Waals surface area contributed by atoms with Crippen LogP contribution in [0.4, 0.5) is 5.82 Å². The smallest absolute Gasteiger partial charge is 0.232 e. The first kappa shape index (κ1) is 17.7. The minimum atomic E-state index is 0.0685. The van der Waals surface area contributed by atoms with Gasteiger partial charge in [0.1, 0.15) is 5.82 Å². The minimum Gasteiger partial charge on any atom is -0.297 e. The van der Waals surface area contributed by atoms with E-state index in [4.69, 9.17) is 0 Å². The molecule has 0 spiro atoms. The molecule has 0 aliphatic carbocycles. The summed E-state index contributed by atoms with van der Waals surface area (Å²) in [5, 5.41) is 0. The lowest BCUT2D eigenvalue weighted by molar-refractivity contribution is -0.118. The number of pyridine rings is 1. The van der Waals surface area contributed by atoms with Crippen LogP contribution in [0.2, 0.25) is 0 Å². The van der Waals surface area contributed by atoms with Gasteiger partial charge in [-0.15, -0.1) is 0 Å². The summed E-state index contributed by atoms with van der Waals surface area (Å²) in [6.07, 6.45) is 3.18. The highest BCUT2D eigenvalue weighted by Gasteiger charge is 2.15. The van der Waals surface area contributed by atoms with E-state index >= 15 is 0 Å². The van der Waals surface area contributed by atoms with Gasteiger partial charge >= 0.3 is 0 Å². The van der Waals surface area contributed by atoms with Crippen LogP contribution in [0.1, 0.15) is 31.9 Å². The van der Waals surface area contributed by atoms with E-state index in [2.05, 4.69) is 59.0 Å². The lowest BCUT2D eigenvalue weighted by Crippen LogP contribution is -2.32. The maximum Gasteiger partial charge on any atom is 0.232 e. The van der Waals surface area contributed by atoms with Crippen LogP contribution in [0.3, 0.4) is 0 Å². The van der Waals surface area contributed by atoms with Crippen LogP contribution in [0, 0.1) is 5.92 Å².